The van der Waals surface area contributed by atoms with Crippen LogP contribution in [0.1, 0.15) is 31.9 Å². The zero-order valence-electron chi connectivity index (χ0n) is 13.8. The summed E-state index contributed by atoms with van der Waals surface area (Å²) in [6.45, 7) is 4.42. The number of nitrogens with zero attached hydrogens (tertiary/aromatic N) is 4. The fourth-order valence-electron chi connectivity index (χ4n) is 2.72. The molecule has 0 spiro atoms. The number of tetrazole rings is 1. The maximum Gasteiger partial charge on any atom is 0.338 e. The van der Waals surface area contributed by atoms with Gasteiger partial charge < -0.3 is 14.8 Å². The van der Waals surface area contributed by atoms with Crippen molar-refractivity contribution < 1.29 is 14.3 Å². The summed E-state index contributed by atoms with van der Waals surface area (Å²) in [5, 5.41) is 14.7. The largest absolute Gasteiger partial charge is 0.493 e. The third-order valence-electron chi connectivity index (χ3n) is 3.79. The molecule has 0 bridgehead atoms. The van der Waals surface area contributed by atoms with Crippen LogP contribution in [0.25, 0.3) is 0 Å². The topological polar surface area (TPSA) is 91.2 Å². The van der Waals surface area contributed by atoms with Gasteiger partial charge in [-0.05, 0) is 29.8 Å². The van der Waals surface area contributed by atoms with E-state index in [2.05, 4.69) is 20.8 Å². The number of rotatable bonds is 5. The van der Waals surface area contributed by atoms with Crippen LogP contribution in [-0.2, 0) is 9.53 Å². The van der Waals surface area contributed by atoms with E-state index in [0.717, 1.165) is 12.0 Å². The molecule has 1 aromatic carbocycles. The lowest BCUT2D eigenvalue weighted by Gasteiger charge is -2.28. The van der Waals surface area contributed by atoms with Gasteiger partial charge in [0, 0.05) is 11.3 Å². The van der Waals surface area contributed by atoms with Crippen LogP contribution in [0.5, 0.6) is 5.75 Å². The monoisotopic (exact) mass is 329 g/mol. The predicted octanol–water partition coefficient (Wildman–Crippen LogP) is 1.92. The number of benzene rings is 1. The highest BCUT2D eigenvalue weighted by molar-refractivity contribution is 5.92. The minimum atomic E-state index is -0.517. The van der Waals surface area contributed by atoms with Crippen molar-refractivity contribution >= 4 is 11.9 Å². The van der Waals surface area contributed by atoms with Gasteiger partial charge in [-0.2, -0.15) is 4.68 Å². The Hall–Kier alpha value is -2.90. The van der Waals surface area contributed by atoms with Gasteiger partial charge in [0.1, 0.15) is 11.8 Å². The number of methoxy groups -OCH3 is 1. The number of ether oxygens (including phenoxy) is 2. The molecule has 1 aliphatic rings. The zero-order chi connectivity index (χ0) is 17.1. The molecule has 0 radical (unpaired) electrons. The third kappa shape index (κ3) is 2.70. The number of para-hydroxylation sites is 1. The number of carbonyl (C=O) groups is 1. The first-order chi connectivity index (χ1) is 11.7. The Labute approximate surface area is 139 Å². The molecule has 1 atom stereocenters. The minimum Gasteiger partial charge on any atom is -0.493 e. The van der Waals surface area contributed by atoms with Crippen molar-refractivity contribution in [2.45, 2.75) is 26.3 Å². The number of allylic oxidation sites excluding steroid dienone is 1. The van der Waals surface area contributed by atoms with Crippen LogP contribution in [-0.4, -0.2) is 39.9 Å². The van der Waals surface area contributed by atoms with Crippen molar-refractivity contribution in [1.29, 1.82) is 0 Å². The van der Waals surface area contributed by atoms with E-state index in [9.17, 15) is 4.79 Å². The summed E-state index contributed by atoms with van der Waals surface area (Å²) in [5.41, 5.74) is 1.91. The number of carbonyl (C=O) groups excluding carboxylic acids is 1. The lowest BCUT2D eigenvalue weighted by molar-refractivity contribution is -0.136. The van der Waals surface area contributed by atoms with Gasteiger partial charge in [0.25, 0.3) is 0 Å². The lowest BCUT2D eigenvalue weighted by atomic mass is 9.95. The van der Waals surface area contributed by atoms with Crippen molar-refractivity contribution in [2.75, 3.05) is 19.0 Å². The van der Waals surface area contributed by atoms with E-state index in [1.807, 2.05) is 31.2 Å². The van der Waals surface area contributed by atoms with Crippen molar-refractivity contribution in [3.8, 4) is 5.75 Å². The Morgan fingerprint density at radius 2 is 2.17 bits per heavy atom. The van der Waals surface area contributed by atoms with Crippen molar-refractivity contribution in [2.24, 2.45) is 0 Å². The predicted molar refractivity (Wildman–Crippen MR) is 86.5 cm³/mol. The molecule has 126 valence electrons. The highest BCUT2D eigenvalue weighted by Gasteiger charge is 2.36. The average molecular weight is 329 g/mol. The van der Waals surface area contributed by atoms with Gasteiger partial charge >= 0.3 is 5.97 Å². The number of hydrogen-bond donors (Lipinski definition) is 1. The van der Waals surface area contributed by atoms with Gasteiger partial charge in [-0.15, -0.1) is 0 Å². The second-order valence-corrected chi connectivity index (χ2v) is 5.39. The summed E-state index contributed by atoms with van der Waals surface area (Å²) in [5.74, 6) is 0.730. The van der Waals surface area contributed by atoms with E-state index < -0.39 is 12.0 Å². The molecule has 2 aromatic rings. The molecule has 3 rings (SSSR count). The molecule has 0 aliphatic carbocycles. The third-order valence-corrected chi connectivity index (χ3v) is 3.79. The summed E-state index contributed by atoms with van der Waals surface area (Å²) in [7, 11) is 1.36. The molecule has 1 aliphatic heterocycles. The second kappa shape index (κ2) is 6.69. The van der Waals surface area contributed by atoms with Gasteiger partial charge in [-0.3, -0.25) is 0 Å². The van der Waals surface area contributed by atoms with Gasteiger partial charge in [0.15, 0.2) is 0 Å². The SMILES string of the molecule is CCCOc1ccccc1[C@H]1C(C(=O)OC)=C(C)Nc2nnnn21. The smallest absolute Gasteiger partial charge is 0.338 e. The van der Waals surface area contributed by atoms with Gasteiger partial charge in [0.2, 0.25) is 5.95 Å². The molecule has 1 aromatic heterocycles. The summed E-state index contributed by atoms with van der Waals surface area (Å²) in [6.07, 6.45) is 0.884. The average Bonchev–Trinajstić information content (AvgIpc) is 3.06. The van der Waals surface area contributed by atoms with Crippen molar-refractivity contribution in [3.05, 3.63) is 41.1 Å². The number of hydrogen-bond acceptors (Lipinski definition) is 7. The fraction of sp³-hybridized carbons (Fsp3) is 0.375. The first-order valence-electron chi connectivity index (χ1n) is 7.73. The standard InChI is InChI=1S/C16H19N5O3/c1-4-9-24-12-8-6-5-7-11(12)14-13(15(22)23-3)10(2)17-16-18-19-20-21(14)16/h5-8,14H,4,9H2,1-3H3,(H,17,18,20)/t14-/m0/s1. The molecule has 1 N–H and O–H groups in total. The van der Waals surface area contributed by atoms with Crippen LogP contribution in [0.15, 0.2) is 35.5 Å². The number of fused-ring (bicyclic) bond motifs is 1. The molecule has 0 saturated heterocycles. The Morgan fingerprint density at radius 1 is 1.38 bits per heavy atom. The molecular formula is C16H19N5O3. The second-order valence-electron chi connectivity index (χ2n) is 5.39. The normalized spacial score (nSPS) is 16.4. The van der Waals surface area contributed by atoms with E-state index in [-0.39, 0.29) is 0 Å². The van der Waals surface area contributed by atoms with Crippen molar-refractivity contribution in [1.82, 2.24) is 20.2 Å². The molecule has 0 amide bonds. The Bertz CT molecular complexity index is 784. The first-order valence-corrected chi connectivity index (χ1v) is 7.73. The number of anilines is 1. The van der Waals surface area contributed by atoms with Gasteiger partial charge in [0.05, 0.1) is 19.3 Å². The van der Waals surface area contributed by atoms with E-state index in [1.165, 1.54) is 7.11 Å². The van der Waals surface area contributed by atoms with Crippen LogP contribution in [0.3, 0.4) is 0 Å². The first kappa shape index (κ1) is 16.0. The van der Waals surface area contributed by atoms with Crippen molar-refractivity contribution in [3.63, 3.8) is 0 Å². The number of nitrogens with one attached hydrogen (secondary N) is 1. The summed E-state index contributed by atoms with van der Waals surface area (Å²) in [6, 6.07) is 7.05. The maximum atomic E-state index is 12.4. The van der Waals surface area contributed by atoms with E-state index in [0.29, 0.717) is 29.6 Å². The van der Waals surface area contributed by atoms with Crippen LogP contribution in [0, 0.1) is 0 Å². The highest BCUT2D eigenvalue weighted by Crippen LogP contribution is 2.38. The van der Waals surface area contributed by atoms with Crippen LogP contribution >= 0.6 is 0 Å². The molecule has 0 saturated carbocycles. The Morgan fingerprint density at radius 3 is 2.92 bits per heavy atom. The van der Waals surface area contributed by atoms with Crippen LogP contribution in [0.4, 0.5) is 5.95 Å². The Balaban J connectivity index is 2.15. The van der Waals surface area contributed by atoms with Gasteiger partial charge in [-0.1, -0.05) is 30.2 Å². The molecular weight excluding hydrogens is 310 g/mol. The summed E-state index contributed by atoms with van der Waals surface area (Å²) < 4.78 is 12.4. The zero-order valence-corrected chi connectivity index (χ0v) is 13.8. The van der Waals surface area contributed by atoms with E-state index in [4.69, 9.17) is 9.47 Å². The van der Waals surface area contributed by atoms with E-state index in [1.54, 1.807) is 11.6 Å². The summed E-state index contributed by atoms with van der Waals surface area (Å²) in [4.78, 5) is 12.4. The quantitative estimate of drug-likeness (QED) is 0.838. The minimum absolute atomic E-state index is 0.434. The summed E-state index contributed by atoms with van der Waals surface area (Å²) >= 11 is 0. The molecule has 24 heavy (non-hydrogen) atoms. The number of aromatic nitrogens is 4. The van der Waals surface area contributed by atoms with Gasteiger partial charge in [-0.25, -0.2) is 4.79 Å². The van der Waals surface area contributed by atoms with E-state index >= 15 is 0 Å². The Kier molecular flexibility index (Phi) is 4.45. The number of esters is 1. The van der Waals surface area contributed by atoms with Crippen LogP contribution < -0.4 is 10.1 Å². The highest BCUT2D eigenvalue weighted by atomic mass is 16.5. The fourth-order valence-corrected chi connectivity index (χ4v) is 2.72. The van der Waals surface area contributed by atoms with Crippen LogP contribution in [0.2, 0.25) is 0 Å². The maximum absolute atomic E-state index is 12.4. The molecule has 2 heterocycles. The lowest BCUT2D eigenvalue weighted by Crippen LogP contribution is -2.29. The molecule has 8 nitrogen and oxygen atoms in total. The molecule has 0 unspecified atom stereocenters. The molecule has 0 fully saturated rings. The molecule has 8 heteroatoms.